The van der Waals surface area contributed by atoms with Crippen molar-refractivity contribution in [3.8, 4) is 0 Å². The molecule has 1 fully saturated rings. The molecule has 0 atom stereocenters. The Morgan fingerprint density at radius 1 is 1.61 bits per heavy atom. The van der Waals surface area contributed by atoms with Gasteiger partial charge in [-0.3, -0.25) is 10.2 Å². The number of nitrogens with one attached hydrogen (secondary N) is 2. The van der Waals surface area contributed by atoms with Crippen molar-refractivity contribution in [1.29, 1.82) is 5.41 Å². The summed E-state index contributed by atoms with van der Waals surface area (Å²) < 4.78 is 0. The van der Waals surface area contributed by atoms with Crippen LogP contribution >= 0.6 is 11.6 Å². The van der Waals surface area contributed by atoms with Gasteiger partial charge in [-0.05, 0) is 12.8 Å². The number of nitrogens with two attached hydrogens (primary N) is 1. The monoisotopic (exact) mass is 269 g/mol. The predicted octanol–water partition coefficient (Wildman–Crippen LogP) is 0.966. The molecule has 1 aromatic heterocycles. The SMILES string of the molecule is CC1(C(=N)N)CCN(c2nc[nH]c(=O)c2Cl)CC1. The van der Waals surface area contributed by atoms with Crippen molar-refractivity contribution in [2.45, 2.75) is 19.8 Å². The Morgan fingerprint density at radius 2 is 2.22 bits per heavy atom. The molecule has 98 valence electrons. The maximum absolute atomic E-state index is 11.4. The van der Waals surface area contributed by atoms with Gasteiger partial charge < -0.3 is 15.6 Å². The molecule has 0 unspecified atom stereocenters. The topological polar surface area (TPSA) is 98.9 Å². The Morgan fingerprint density at radius 3 is 2.78 bits per heavy atom. The molecule has 1 aromatic rings. The first-order valence-electron chi connectivity index (χ1n) is 5.77. The maximum Gasteiger partial charge on any atom is 0.271 e. The molecule has 18 heavy (non-hydrogen) atoms. The van der Waals surface area contributed by atoms with E-state index < -0.39 is 0 Å². The van der Waals surface area contributed by atoms with Crippen molar-refractivity contribution >= 4 is 23.3 Å². The summed E-state index contributed by atoms with van der Waals surface area (Å²) in [5.74, 6) is 0.720. The fourth-order valence-electron chi connectivity index (χ4n) is 2.08. The highest BCUT2D eigenvalue weighted by atomic mass is 35.5. The van der Waals surface area contributed by atoms with Gasteiger partial charge in [0.15, 0.2) is 5.82 Å². The highest BCUT2D eigenvalue weighted by Crippen LogP contribution is 2.33. The van der Waals surface area contributed by atoms with Crippen LogP contribution in [0, 0.1) is 10.8 Å². The van der Waals surface area contributed by atoms with E-state index in [2.05, 4.69) is 9.97 Å². The van der Waals surface area contributed by atoms with Crippen molar-refractivity contribution < 1.29 is 0 Å². The Balaban J connectivity index is 2.18. The molecule has 4 N–H and O–H groups in total. The van der Waals surface area contributed by atoms with Gasteiger partial charge in [0.05, 0.1) is 12.2 Å². The first-order chi connectivity index (χ1) is 8.44. The van der Waals surface area contributed by atoms with Crippen LogP contribution < -0.4 is 16.2 Å². The molecule has 0 aliphatic carbocycles. The predicted molar refractivity (Wildman–Crippen MR) is 71.3 cm³/mol. The quantitative estimate of drug-likeness (QED) is 0.550. The normalized spacial score (nSPS) is 18.7. The van der Waals surface area contributed by atoms with E-state index in [0.717, 1.165) is 12.8 Å². The average molecular weight is 270 g/mol. The van der Waals surface area contributed by atoms with Crippen LogP contribution in [0.1, 0.15) is 19.8 Å². The molecule has 2 heterocycles. The van der Waals surface area contributed by atoms with Gasteiger partial charge in [-0.2, -0.15) is 0 Å². The lowest BCUT2D eigenvalue weighted by atomic mass is 9.79. The molecular weight excluding hydrogens is 254 g/mol. The molecule has 1 aliphatic heterocycles. The molecule has 7 heteroatoms. The van der Waals surface area contributed by atoms with Crippen LogP contribution in [0.15, 0.2) is 11.1 Å². The van der Waals surface area contributed by atoms with Crippen molar-refractivity contribution in [3.63, 3.8) is 0 Å². The van der Waals surface area contributed by atoms with Crippen molar-refractivity contribution in [3.05, 3.63) is 21.7 Å². The summed E-state index contributed by atoms with van der Waals surface area (Å²) >= 11 is 5.95. The molecule has 0 saturated carbocycles. The van der Waals surface area contributed by atoms with Gasteiger partial charge in [-0.15, -0.1) is 0 Å². The van der Waals surface area contributed by atoms with Gasteiger partial charge >= 0.3 is 0 Å². The summed E-state index contributed by atoms with van der Waals surface area (Å²) in [4.78, 5) is 19.9. The van der Waals surface area contributed by atoms with E-state index in [0.29, 0.717) is 18.9 Å². The van der Waals surface area contributed by atoms with Gasteiger partial charge in [-0.25, -0.2) is 4.98 Å². The standard InChI is InChI=1S/C11H16ClN5O/c1-11(10(13)14)2-4-17(5-3-11)8-7(12)9(18)16-6-15-8/h6H,2-5H2,1H3,(H3,13,14)(H,15,16,18). The Hall–Kier alpha value is -1.56. The average Bonchev–Trinajstić information content (AvgIpc) is 2.34. The van der Waals surface area contributed by atoms with E-state index in [1.165, 1.54) is 6.33 Å². The van der Waals surface area contributed by atoms with E-state index in [-0.39, 0.29) is 21.8 Å². The summed E-state index contributed by atoms with van der Waals surface area (Å²) in [7, 11) is 0. The lowest BCUT2D eigenvalue weighted by Gasteiger charge is -2.39. The summed E-state index contributed by atoms with van der Waals surface area (Å²) in [5.41, 5.74) is 5.02. The number of H-pyrrole nitrogens is 1. The summed E-state index contributed by atoms with van der Waals surface area (Å²) in [6.45, 7) is 3.36. The van der Waals surface area contributed by atoms with Crippen LogP contribution in [0.2, 0.25) is 5.02 Å². The second kappa shape index (κ2) is 4.61. The molecular formula is C11H16ClN5O. The lowest BCUT2D eigenvalue weighted by molar-refractivity contribution is 0.350. The number of rotatable bonds is 2. The van der Waals surface area contributed by atoms with E-state index in [4.69, 9.17) is 22.7 Å². The van der Waals surface area contributed by atoms with Gasteiger partial charge in [0.2, 0.25) is 0 Å². The highest BCUT2D eigenvalue weighted by Gasteiger charge is 2.33. The van der Waals surface area contributed by atoms with E-state index in [1.54, 1.807) is 0 Å². The van der Waals surface area contributed by atoms with Gasteiger partial charge in [-0.1, -0.05) is 18.5 Å². The third-order valence-electron chi connectivity index (χ3n) is 3.59. The van der Waals surface area contributed by atoms with Gasteiger partial charge in [0.1, 0.15) is 5.02 Å². The number of anilines is 1. The minimum Gasteiger partial charge on any atom is -0.387 e. The van der Waals surface area contributed by atoms with Crippen LogP contribution in [-0.2, 0) is 0 Å². The second-order valence-electron chi connectivity index (χ2n) is 4.83. The van der Waals surface area contributed by atoms with Gasteiger partial charge in [0, 0.05) is 18.5 Å². The molecule has 0 spiro atoms. The molecule has 6 nitrogen and oxygen atoms in total. The number of hydrogen-bond donors (Lipinski definition) is 3. The molecule has 0 amide bonds. The number of aromatic amines is 1. The fourth-order valence-corrected chi connectivity index (χ4v) is 2.30. The maximum atomic E-state index is 11.4. The van der Waals surface area contributed by atoms with Crippen LogP contribution in [0.3, 0.4) is 0 Å². The zero-order valence-electron chi connectivity index (χ0n) is 10.2. The van der Waals surface area contributed by atoms with Crippen molar-refractivity contribution in [2.75, 3.05) is 18.0 Å². The van der Waals surface area contributed by atoms with Crippen LogP contribution in [0.25, 0.3) is 0 Å². The number of hydrogen-bond acceptors (Lipinski definition) is 4. The summed E-state index contributed by atoms with van der Waals surface area (Å²) in [5, 5.41) is 7.71. The number of piperidine rings is 1. The number of nitrogens with zero attached hydrogens (tertiary/aromatic N) is 2. The Bertz CT molecular complexity index is 518. The Labute approximate surface area is 110 Å². The molecule has 2 rings (SSSR count). The summed E-state index contributed by atoms with van der Waals surface area (Å²) in [6, 6.07) is 0. The van der Waals surface area contributed by atoms with Crippen LogP contribution in [-0.4, -0.2) is 28.9 Å². The first kappa shape index (κ1) is 12.9. The van der Waals surface area contributed by atoms with E-state index in [9.17, 15) is 4.79 Å². The smallest absolute Gasteiger partial charge is 0.271 e. The molecule has 1 aliphatic rings. The largest absolute Gasteiger partial charge is 0.387 e. The number of aromatic nitrogens is 2. The molecule has 1 saturated heterocycles. The lowest BCUT2D eigenvalue weighted by Crippen LogP contribution is -2.45. The Kier molecular flexibility index (Phi) is 3.30. The summed E-state index contributed by atoms with van der Waals surface area (Å²) in [6.07, 6.45) is 2.86. The minimum absolute atomic E-state index is 0.115. The molecule has 0 bridgehead atoms. The van der Waals surface area contributed by atoms with E-state index in [1.807, 2.05) is 11.8 Å². The second-order valence-corrected chi connectivity index (χ2v) is 5.21. The zero-order valence-corrected chi connectivity index (χ0v) is 10.9. The zero-order chi connectivity index (χ0) is 13.3. The number of halogens is 1. The van der Waals surface area contributed by atoms with Crippen LogP contribution in [0.5, 0.6) is 0 Å². The highest BCUT2D eigenvalue weighted by molar-refractivity contribution is 6.32. The van der Waals surface area contributed by atoms with Gasteiger partial charge in [0.25, 0.3) is 5.56 Å². The molecule has 0 aromatic carbocycles. The third-order valence-corrected chi connectivity index (χ3v) is 3.94. The first-order valence-corrected chi connectivity index (χ1v) is 6.14. The fraction of sp³-hybridized carbons (Fsp3) is 0.545. The van der Waals surface area contributed by atoms with Crippen molar-refractivity contribution in [1.82, 2.24) is 9.97 Å². The molecule has 0 radical (unpaired) electrons. The number of amidine groups is 1. The van der Waals surface area contributed by atoms with E-state index >= 15 is 0 Å². The third kappa shape index (κ3) is 2.20. The van der Waals surface area contributed by atoms with Crippen molar-refractivity contribution in [2.24, 2.45) is 11.1 Å². The van der Waals surface area contributed by atoms with Crippen LogP contribution in [0.4, 0.5) is 5.82 Å². The minimum atomic E-state index is -0.332.